The van der Waals surface area contributed by atoms with Gasteiger partial charge in [-0.25, -0.2) is 0 Å². The molecule has 0 atom stereocenters. The van der Waals surface area contributed by atoms with Crippen LogP contribution in [0, 0.1) is 0 Å². The van der Waals surface area contributed by atoms with Crippen LogP contribution in [0.3, 0.4) is 0 Å². The van der Waals surface area contributed by atoms with E-state index in [1.165, 1.54) is 0 Å². The van der Waals surface area contributed by atoms with Gasteiger partial charge in [-0.2, -0.15) is 22.0 Å². The van der Waals surface area contributed by atoms with Crippen LogP contribution < -0.4 is 0 Å². The largest absolute Gasteiger partial charge is 0.480 e. The molecule has 0 saturated heterocycles. The average molecular weight is 279 g/mol. The van der Waals surface area contributed by atoms with E-state index >= 15 is 0 Å². The predicted molar refractivity (Wildman–Crippen MR) is 47.1 cm³/mol. The highest BCUT2D eigenvalue weighted by Crippen LogP contribution is 2.36. The quantitative estimate of drug-likeness (QED) is 0.728. The van der Waals surface area contributed by atoms with Crippen molar-refractivity contribution in [2.24, 2.45) is 0 Å². The molecule has 0 aliphatic carbocycles. The van der Waals surface area contributed by atoms with Gasteiger partial charge in [0.15, 0.2) is 0 Å². The molecule has 0 bridgehead atoms. The summed E-state index contributed by atoms with van der Waals surface area (Å²) >= 11 is 0. The van der Waals surface area contributed by atoms with Crippen molar-refractivity contribution in [3.05, 3.63) is 0 Å². The molecule has 0 aromatic carbocycles. The summed E-state index contributed by atoms with van der Waals surface area (Å²) < 4.78 is 65.6. The smallest absolute Gasteiger partial charge is 0.463 e. The molecule has 1 N–H and O–H groups in total. The molecule has 10 heteroatoms. The molecule has 0 radical (unpaired) electrons. The zero-order valence-corrected chi connectivity index (χ0v) is 9.13. The van der Waals surface area contributed by atoms with Crippen molar-refractivity contribution >= 4 is 11.9 Å². The van der Waals surface area contributed by atoms with E-state index in [1.807, 2.05) is 0 Å². The third-order valence-corrected chi connectivity index (χ3v) is 1.80. The highest BCUT2D eigenvalue weighted by Gasteiger charge is 2.64. The number of halogens is 5. The van der Waals surface area contributed by atoms with Crippen LogP contribution in [0.4, 0.5) is 22.0 Å². The molecule has 0 fully saturated rings. The maximum atomic E-state index is 12.7. The Labute approximate surface area is 98.1 Å². The second-order valence-corrected chi connectivity index (χ2v) is 3.19. The topological polar surface area (TPSA) is 66.8 Å². The summed E-state index contributed by atoms with van der Waals surface area (Å²) in [5.41, 5.74) is 0. The molecule has 0 aromatic rings. The normalized spacial score (nSPS) is 12.3. The minimum Gasteiger partial charge on any atom is -0.480 e. The number of carbonyl (C=O) groups excluding carboxylic acids is 1. The van der Waals surface area contributed by atoms with Crippen LogP contribution >= 0.6 is 0 Å². The Hall–Kier alpha value is -1.45. The van der Waals surface area contributed by atoms with E-state index in [0.29, 0.717) is 0 Å². The number of carboxylic acids is 1. The molecule has 0 heterocycles. The average Bonchev–Trinajstić information content (AvgIpc) is 2.20. The number of alkyl halides is 5. The molecule has 5 nitrogen and oxygen atoms in total. The second kappa shape index (κ2) is 5.94. The Bertz CT molecular complexity index is 317. The van der Waals surface area contributed by atoms with Gasteiger partial charge in [-0.05, 0) is 0 Å². The third-order valence-electron chi connectivity index (χ3n) is 1.80. The van der Waals surface area contributed by atoms with Crippen LogP contribution in [0.25, 0.3) is 0 Å². The lowest BCUT2D eigenvalue weighted by atomic mass is 10.2. The molecular weight excluding hydrogens is 269 g/mol. The Morgan fingerprint density at radius 3 is 2.06 bits per heavy atom. The summed E-state index contributed by atoms with van der Waals surface area (Å²) in [5.74, 6) is -9.96. The van der Waals surface area contributed by atoms with Gasteiger partial charge in [-0.3, -0.25) is 9.59 Å². The van der Waals surface area contributed by atoms with Gasteiger partial charge < -0.3 is 14.7 Å². The number of ether oxygens (including phenoxy) is 1. The SMILES string of the molecule is COCCN(CC(=O)O)C(=O)C(F)(F)C(F)(F)F. The molecule has 0 rings (SSSR count). The first-order valence-corrected chi connectivity index (χ1v) is 4.48. The van der Waals surface area contributed by atoms with Crippen molar-refractivity contribution in [3.8, 4) is 0 Å². The van der Waals surface area contributed by atoms with Crippen molar-refractivity contribution in [2.45, 2.75) is 12.1 Å². The Balaban J connectivity index is 5.00. The van der Waals surface area contributed by atoms with Crippen molar-refractivity contribution < 1.29 is 41.4 Å². The molecule has 1 amide bonds. The minimum atomic E-state index is -6.08. The zero-order chi connectivity index (χ0) is 14.6. The standard InChI is InChI=1S/C8H10F5NO4/c1-18-3-2-14(4-5(15)16)6(17)7(9,10)8(11,12)13/h2-4H2,1H3,(H,15,16). The van der Waals surface area contributed by atoms with E-state index < -0.39 is 37.1 Å². The van der Waals surface area contributed by atoms with Crippen LogP contribution in [0.15, 0.2) is 0 Å². The molecule has 18 heavy (non-hydrogen) atoms. The Morgan fingerprint density at radius 1 is 1.22 bits per heavy atom. The summed E-state index contributed by atoms with van der Waals surface area (Å²) in [6, 6.07) is 0. The molecule has 0 aliphatic heterocycles. The molecule has 0 aliphatic rings. The first-order valence-electron chi connectivity index (χ1n) is 4.48. The fourth-order valence-electron chi connectivity index (χ4n) is 0.937. The number of carbonyl (C=O) groups is 2. The number of amides is 1. The monoisotopic (exact) mass is 279 g/mol. The van der Waals surface area contributed by atoms with E-state index in [4.69, 9.17) is 5.11 Å². The number of carboxylic acid groups (broad SMARTS) is 1. The lowest BCUT2D eigenvalue weighted by molar-refractivity contribution is -0.274. The van der Waals surface area contributed by atoms with Crippen molar-refractivity contribution in [1.29, 1.82) is 0 Å². The summed E-state index contributed by atoms with van der Waals surface area (Å²) in [6.45, 7) is -2.33. The molecule has 0 saturated carbocycles. The van der Waals surface area contributed by atoms with Gasteiger partial charge in [0.25, 0.3) is 0 Å². The van der Waals surface area contributed by atoms with E-state index in [0.717, 1.165) is 7.11 Å². The van der Waals surface area contributed by atoms with Gasteiger partial charge in [-0.15, -0.1) is 0 Å². The molecule has 0 aromatic heterocycles. The third kappa shape index (κ3) is 4.09. The minimum absolute atomic E-state index is 0.126. The van der Waals surface area contributed by atoms with Crippen molar-refractivity contribution in [1.82, 2.24) is 4.90 Å². The van der Waals surface area contributed by atoms with Gasteiger partial charge in [0.1, 0.15) is 6.54 Å². The predicted octanol–water partition coefficient (Wildman–Crippen LogP) is 0.744. The highest BCUT2D eigenvalue weighted by molar-refractivity contribution is 5.87. The number of methoxy groups -OCH3 is 1. The summed E-state index contributed by atoms with van der Waals surface area (Å²) in [6.07, 6.45) is -6.08. The van der Waals surface area contributed by atoms with Gasteiger partial charge >= 0.3 is 24.0 Å². The summed E-state index contributed by atoms with van der Waals surface area (Å²) in [7, 11) is 1.12. The van der Waals surface area contributed by atoms with Crippen LogP contribution in [-0.4, -0.2) is 60.8 Å². The summed E-state index contributed by atoms with van der Waals surface area (Å²) in [5, 5.41) is 8.34. The number of hydrogen-bond donors (Lipinski definition) is 1. The number of hydrogen-bond acceptors (Lipinski definition) is 3. The van der Waals surface area contributed by atoms with Crippen LogP contribution in [0.1, 0.15) is 0 Å². The van der Waals surface area contributed by atoms with Crippen LogP contribution in [-0.2, 0) is 14.3 Å². The lowest BCUT2D eigenvalue weighted by Gasteiger charge is -2.26. The number of nitrogens with zero attached hydrogens (tertiary/aromatic N) is 1. The summed E-state index contributed by atoms with van der Waals surface area (Å²) in [4.78, 5) is 21.2. The van der Waals surface area contributed by atoms with E-state index in [-0.39, 0.29) is 11.5 Å². The van der Waals surface area contributed by atoms with Crippen LogP contribution in [0.5, 0.6) is 0 Å². The Morgan fingerprint density at radius 2 is 1.72 bits per heavy atom. The van der Waals surface area contributed by atoms with Gasteiger partial charge in [-0.1, -0.05) is 0 Å². The first-order chi connectivity index (χ1) is 8.04. The second-order valence-electron chi connectivity index (χ2n) is 3.19. The van der Waals surface area contributed by atoms with Crippen molar-refractivity contribution in [2.75, 3.05) is 26.8 Å². The fourth-order valence-corrected chi connectivity index (χ4v) is 0.937. The number of aliphatic carboxylic acids is 1. The van der Waals surface area contributed by atoms with E-state index in [2.05, 4.69) is 4.74 Å². The first kappa shape index (κ1) is 16.6. The van der Waals surface area contributed by atoms with E-state index in [1.54, 1.807) is 0 Å². The molecule has 106 valence electrons. The number of rotatable bonds is 6. The Kier molecular flexibility index (Phi) is 5.46. The fraction of sp³-hybridized carbons (Fsp3) is 0.750. The highest BCUT2D eigenvalue weighted by atomic mass is 19.4. The molecular formula is C8H10F5NO4. The van der Waals surface area contributed by atoms with Crippen molar-refractivity contribution in [3.63, 3.8) is 0 Å². The van der Waals surface area contributed by atoms with Gasteiger partial charge in [0, 0.05) is 13.7 Å². The maximum absolute atomic E-state index is 12.7. The molecule has 0 unspecified atom stereocenters. The zero-order valence-electron chi connectivity index (χ0n) is 9.13. The van der Waals surface area contributed by atoms with Crippen LogP contribution in [0.2, 0.25) is 0 Å². The maximum Gasteiger partial charge on any atom is 0.463 e. The van der Waals surface area contributed by atoms with Gasteiger partial charge in [0.05, 0.1) is 6.61 Å². The van der Waals surface area contributed by atoms with Gasteiger partial charge in [0.2, 0.25) is 0 Å². The van der Waals surface area contributed by atoms with E-state index in [9.17, 15) is 31.5 Å². The molecule has 0 spiro atoms. The lowest BCUT2D eigenvalue weighted by Crippen LogP contribution is -2.53.